The highest BCUT2D eigenvalue weighted by molar-refractivity contribution is 6.04. The lowest BCUT2D eigenvalue weighted by Gasteiger charge is -2.40. The molecule has 1 aliphatic carbocycles. The van der Waals surface area contributed by atoms with Gasteiger partial charge in [0, 0.05) is 36.0 Å². The molecular formula is C21H17F4N3O2. The molecule has 2 aromatic heterocycles. The fraction of sp³-hybridized carbons (Fsp3) is 0.333. The van der Waals surface area contributed by atoms with Gasteiger partial charge in [0.1, 0.15) is 17.5 Å². The number of halogens is 4. The van der Waals surface area contributed by atoms with Crippen LogP contribution in [-0.2, 0) is 21.3 Å². The van der Waals surface area contributed by atoms with Crippen molar-refractivity contribution < 1.29 is 27.1 Å². The second kappa shape index (κ2) is 7.29. The van der Waals surface area contributed by atoms with E-state index in [0.29, 0.717) is 6.20 Å². The molecule has 0 saturated heterocycles. The third-order valence-corrected chi connectivity index (χ3v) is 5.06. The fourth-order valence-electron chi connectivity index (χ4n) is 3.65. The summed E-state index contributed by atoms with van der Waals surface area (Å²) < 4.78 is 59.2. The van der Waals surface area contributed by atoms with Crippen LogP contribution in [0.5, 0.6) is 0 Å². The van der Waals surface area contributed by atoms with Gasteiger partial charge in [-0.25, -0.2) is 4.39 Å². The first-order chi connectivity index (χ1) is 13.9. The second-order valence-corrected chi connectivity index (χ2v) is 7.66. The lowest BCUT2D eigenvalue weighted by atomic mass is 9.68. The average Bonchev–Trinajstić information content (AvgIpc) is 2.69. The number of allylic oxidation sites excluding steroid dienone is 1. The molecule has 156 valence electrons. The Morgan fingerprint density at radius 2 is 1.90 bits per heavy atom. The summed E-state index contributed by atoms with van der Waals surface area (Å²) in [6, 6.07) is 3.71. The Bertz CT molecular complexity index is 1090. The number of hydrogen-bond donors (Lipinski definition) is 0. The first kappa shape index (κ1) is 21.6. The van der Waals surface area contributed by atoms with Gasteiger partial charge in [-0.15, -0.1) is 0 Å². The first-order valence-corrected chi connectivity index (χ1v) is 8.85. The molecule has 1 unspecified atom stereocenters. The van der Waals surface area contributed by atoms with E-state index in [2.05, 4.69) is 9.97 Å². The zero-order valence-corrected chi connectivity index (χ0v) is 16.3. The van der Waals surface area contributed by atoms with Crippen molar-refractivity contribution in [1.82, 2.24) is 9.97 Å². The lowest BCUT2D eigenvalue weighted by molar-refractivity contribution is -0.137. The summed E-state index contributed by atoms with van der Waals surface area (Å²) in [5.41, 5.74) is -3.53. The molecule has 0 amide bonds. The first-order valence-electron chi connectivity index (χ1n) is 8.85. The molecular weight excluding hydrogens is 402 g/mol. The van der Waals surface area contributed by atoms with E-state index < -0.39 is 28.6 Å². The Labute approximate surface area is 170 Å². The number of carbonyl (C=O) groups excluding carboxylic acids is 1. The van der Waals surface area contributed by atoms with Gasteiger partial charge in [-0.1, -0.05) is 13.8 Å². The van der Waals surface area contributed by atoms with E-state index >= 15 is 0 Å². The monoisotopic (exact) mass is 419 g/mol. The molecule has 0 aliphatic heterocycles. The molecule has 9 heteroatoms. The van der Waals surface area contributed by atoms with Crippen molar-refractivity contribution in [3.8, 4) is 17.2 Å². The topological polar surface area (TPSA) is 75.9 Å². The number of ether oxygens (including phenoxy) is 1. The summed E-state index contributed by atoms with van der Waals surface area (Å²) in [5.74, 6) is -1.16. The molecule has 0 radical (unpaired) electrons. The molecule has 0 N–H and O–H groups in total. The fourth-order valence-corrected chi connectivity index (χ4v) is 3.65. The molecule has 0 aromatic carbocycles. The van der Waals surface area contributed by atoms with Gasteiger partial charge in [-0.2, -0.15) is 18.4 Å². The van der Waals surface area contributed by atoms with Crippen molar-refractivity contribution >= 4 is 5.78 Å². The number of carbonyl (C=O) groups is 1. The minimum absolute atomic E-state index is 0.0224. The molecule has 0 bridgehead atoms. The van der Waals surface area contributed by atoms with Crippen LogP contribution in [0.1, 0.15) is 31.5 Å². The SMILES string of the molecule is COC1(c2ncc(F)cc2-c2cncc(C(F)(F)F)c2)C=C(C#N)C(=O)C(C)(C)C1. The van der Waals surface area contributed by atoms with Gasteiger partial charge in [0.2, 0.25) is 0 Å². The van der Waals surface area contributed by atoms with E-state index in [-0.39, 0.29) is 34.6 Å². The van der Waals surface area contributed by atoms with Gasteiger partial charge in [-0.3, -0.25) is 14.8 Å². The van der Waals surface area contributed by atoms with Crippen LogP contribution in [0.4, 0.5) is 17.6 Å². The van der Waals surface area contributed by atoms with E-state index in [1.807, 2.05) is 6.07 Å². The predicted octanol–water partition coefficient (Wildman–Crippen LogP) is 4.59. The van der Waals surface area contributed by atoms with Crippen molar-refractivity contribution in [1.29, 1.82) is 5.26 Å². The zero-order chi connectivity index (χ0) is 22.3. The highest BCUT2D eigenvalue weighted by Crippen LogP contribution is 2.47. The number of rotatable bonds is 3. The highest BCUT2D eigenvalue weighted by atomic mass is 19.4. The maximum Gasteiger partial charge on any atom is 0.417 e. The van der Waals surface area contributed by atoms with Gasteiger partial charge >= 0.3 is 6.18 Å². The number of ketones is 1. The van der Waals surface area contributed by atoms with Gasteiger partial charge < -0.3 is 4.74 Å². The predicted molar refractivity (Wildman–Crippen MR) is 98.2 cm³/mol. The zero-order valence-electron chi connectivity index (χ0n) is 16.3. The van der Waals surface area contributed by atoms with Gasteiger partial charge in [0.25, 0.3) is 0 Å². The van der Waals surface area contributed by atoms with Crippen LogP contribution in [0, 0.1) is 22.6 Å². The summed E-state index contributed by atoms with van der Waals surface area (Å²) in [6.45, 7) is 3.25. The largest absolute Gasteiger partial charge is 0.417 e. The maximum atomic E-state index is 14.1. The Morgan fingerprint density at radius 1 is 1.20 bits per heavy atom. The molecule has 1 aliphatic rings. The van der Waals surface area contributed by atoms with E-state index in [9.17, 15) is 27.6 Å². The highest BCUT2D eigenvalue weighted by Gasteiger charge is 2.48. The lowest BCUT2D eigenvalue weighted by Crippen LogP contribution is -2.43. The van der Waals surface area contributed by atoms with Crippen molar-refractivity contribution in [2.45, 2.75) is 32.0 Å². The number of methoxy groups -OCH3 is 1. The normalized spacial score (nSPS) is 21.1. The Kier molecular flexibility index (Phi) is 5.24. The van der Waals surface area contributed by atoms with Crippen LogP contribution in [0.15, 0.2) is 42.4 Å². The van der Waals surface area contributed by atoms with E-state index in [1.165, 1.54) is 13.2 Å². The third-order valence-electron chi connectivity index (χ3n) is 5.06. The summed E-state index contributed by atoms with van der Waals surface area (Å²) in [7, 11) is 1.33. The molecule has 30 heavy (non-hydrogen) atoms. The van der Waals surface area contributed by atoms with Crippen molar-refractivity contribution in [2.24, 2.45) is 5.41 Å². The van der Waals surface area contributed by atoms with Gasteiger partial charge in [0.15, 0.2) is 5.78 Å². The molecule has 0 spiro atoms. The molecule has 0 fully saturated rings. The Balaban J connectivity index is 2.29. The summed E-state index contributed by atoms with van der Waals surface area (Å²) >= 11 is 0. The van der Waals surface area contributed by atoms with Crippen LogP contribution < -0.4 is 0 Å². The molecule has 3 rings (SSSR count). The molecule has 5 nitrogen and oxygen atoms in total. The van der Waals surface area contributed by atoms with Crippen molar-refractivity contribution in [3.63, 3.8) is 0 Å². The summed E-state index contributed by atoms with van der Waals surface area (Å²) in [5, 5.41) is 9.41. The standard InChI is InChI=1S/C21H17F4N3O2/c1-19(2)11-20(30-3,6-13(7-26)18(19)29)17-16(5-15(22)10-28-17)12-4-14(9-27-8-12)21(23,24)25/h4-6,8-10H,11H2,1-3H3. The molecule has 2 aromatic rings. The smallest absolute Gasteiger partial charge is 0.368 e. The Hall–Kier alpha value is -3.12. The quantitative estimate of drug-likeness (QED) is 0.680. The van der Waals surface area contributed by atoms with Gasteiger partial charge in [-0.05, 0) is 24.6 Å². The molecule has 2 heterocycles. The van der Waals surface area contributed by atoms with Crippen LogP contribution in [0.2, 0.25) is 0 Å². The van der Waals surface area contributed by atoms with Crippen molar-refractivity contribution in [3.05, 3.63) is 59.4 Å². The van der Waals surface area contributed by atoms with E-state index in [0.717, 1.165) is 24.5 Å². The summed E-state index contributed by atoms with van der Waals surface area (Å²) in [6.07, 6.45) is -0.561. The third kappa shape index (κ3) is 3.71. The molecule has 1 atom stereocenters. The van der Waals surface area contributed by atoms with Crippen LogP contribution >= 0.6 is 0 Å². The van der Waals surface area contributed by atoms with Crippen LogP contribution in [0.25, 0.3) is 11.1 Å². The minimum atomic E-state index is -4.64. The second-order valence-electron chi connectivity index (χ2n) is 7.66. The number of nitrogens with zero attached hydrogens (tertiary/aromatic N) is 3. The molecule has 0 saturated carbocycles. The average molecular weight is 419 g/mol. The van der Waals surface area contributed by atoms with Crippen LogP contribution in [-0.4, -0.2) is 22.9 Å². The number of Topliss-reactive ketones (excluding diaryl/α,β-unsaturated/α-hetero) is 1. The number of hydrogen-bond acceptors (Lipinski definition) is 5. The minimum Gasteiger partial charge on any atom is -0.368 e. The maximum absolute atomic E-state index is 14.1. The van der Waals surface area contributed by atoms with E-state index in [1.54, 1.807) is 13.8 Å². The van der Waals surface area contributed by atoms with Gasteiger partial charge in [0.05, 0.1) is 23.0 Å². The van der Waals surface area contributed by atoms with Crippen molar-refractivity contribution in [2.75, 3.05) is 7.11 Å². The van der Waals surface area contributed by atoms with E-state index in [4.69, 9.17) is 4.74 Å². The number of alkyl halides is 3. The number of pyridine rings is 2. The number of nitriles is 1. The summed E-state index contributed by atoms with van der Waals surface area (Å²) in [4.78, 5) is 20.2. The van der Waals surface area contributed by atoms with Crippen LogP contribution in [0.3, 0.4) is 0 Å². The Morgan fingerprint density at radius 3 is 2.50 bits per heavy atom. The number of aromatic nitrogens is 2.